The molecule has 0 saturated heterocycles. The van der Waals surface area contributed by atoms with Crippen LogP contribution in [-0.4, -0.2) is 43.5 Å². The van der Waals surface area contributed by atoms with Crippen LogP contribution in [0.1, 0.15) is 60.3 Å². The highest BCUT2D eigenvalue weighted by Gasteiger charge is 2.27. The molecule has 0 aromatic rings. The Morgan fingerprint density at radius 3 is 2.50 bits per heavy atom. The smallest absolute Gasteiger partial charge is 0.407 e. The Bertz CT molecular complexity index is 326. The molecule has 0 aliphatic heterocycles. The van der Waals surface area contributed by atoms with E-state index in [-0.39, 0.29) is 12.1 Å². The molecule has 0 heterocycles. The lowest BCUT2D eigenvalue weighted by Crippen LogP contribution is -2.39. The Morgan fingerprint density at radius 1 is 1.18 bits per heavy atom. The summed E-state index contributed by atoms with van der Waals surface area (Å²) < 4.78 is 10.9. The van der Waals surface area contributed by atoms with Gasteiger partial charge in [-0.1, -0.05) is 13.8 Å². The molecule has 2 atom stereocenters. The summed E-state index contributed by atoms with van der Waals surface area (Å²) in [5.41, 5.74) is -0.437. The molecular formula is C17H34N2O3. The van der Waals surface area contributed by atoms with Crippen molar-refractivity contribution >= 4 is 6.09 Å². The zero-order chi connectivity index (χ0) is 16.6. The van der Waals surface area contributed by atoms with Crippen molar-refractivity contribution in [3.8, 4) is 0 Å². The van der Waals surface area contributed by atoms with Crippen LogP contribution in [0.4, 0.5) is 4.79 Å². The third kappa shape index (κ3) is 9.26. The molecule has 1 fully saturated rings. The second-order valence-corrected chi connectivity index (χ2v) is 7.60. The monoisotopic (exact) mass is 314 g/mol. The third-order valence-corrected chi connectivity index (χ3v) is 3.67. The fraction of sp³-hybridized carbons (Fsp3) is 0.941. The van der Waals surface area contributed by atoms with E-state index in [0.29, 0.717) is 12.0 Å². The molecule has 1 saturated carbocycles. The maximum atomic E-state index is 11.7. The second-order valence-electron chi connectivity index (χ2n) is 7.60. The molecule has 2 N–H and O–H groups in total. The van der Waals surface area contributed by atoms with E-state index in [0.717, 1.165) is 45.4 Å². The average Bonchev–Trinajstić information content (AvgIpc) is 2.78. The quantitative estimate of drug-likeness (QED) is 0.676. The first-order valence-corrected chi connectivity index (χ1v) is 8.57. The Hall–Kier alpha value is -0.810. The van der Waals surface area contributed by atoms with Crippen LogP contribution in [0.2, 0.25) is 0 Å². The molecule has 0 radical (unpaired) electrons. The van der Waals surface area contributed by atoms with Crippen LogP contribution >= 0.6 is 0 Å². The molecule has 130 valence electrons. The van der Waals surface area contributed by atoms with Crippen LogP contribution in [-0.2, 0) is 9.47 Å². The maximum Gasteiger partial charge on any atom is 0.407 e. The van der Waals surface area contributed by atoms with Crippen LogP contribution in [0.25, 0.3) is 0 Å². The first-order valence-electron chi connectivity index (χ1n) is 8.57. The van der Waals surface area contributed by atoms with Crippen molar-refractivity contribution < 1.29 is 14.3 Å². The van der Waals surface area contributed by atoms with Gasteiger partial charge in [0.25, 0.3) is 0 Å². The van der Waals surface area contributed by atoms with Crippen LogP contribution < -0.4 is 10.6 Å². The Kier molecular flexibility index (Phi) is 8.18. The van der Waals surface area contributed by atoms with E-state index in [1.807, 2.05) is 20.8 Å². The summed E-state index contributed by atoms with van der Waals surface area (Å²) in [7, 11) is 0. The lowest BCUT2D eigenvalue weighted by atomic mass is 10.1. The number of rotatable bonds is 8. The van der Waals surface area contributed by atoms with Crippen LogP contribution in [0.3, 0.4) is 0 Å². The molecular weight excluding hydrogens is 280 g/mol. The minimum atomic E-state index is -0.437. The molecule has 0 aromatic heterocycles. The zero-order valence-corrected chi connectivity index (χ0v) is 14.9. The highest BCUT2D eigenvalue weighted by atomic mass is 16.6. The van der Waals surface area contributed by atoms with E-state index in [4.69, 9.17) is 9.47 Å². The van der Waals surface area contributed by atoms with Crippen LogP contribution in [0.5, 0.6) is 0 Å². The molecule has 5 nitrogen and oxygen atoms in total. The predicted octanol–water partition coefficient (Wildman–Crippen LogP) is 3.08. The summed E-state index contributed by atoms with van der Waals surface area (Å²) in [6.45, 7) is 12.5. The average molecular weight is 314 g/mol. The minimum absolute atomic E-state index is 0.217. The SMILES string of the molecule is CC(C)CCOCCNC1CCC(NC(=O)OC(C)(C)C)C1. The highest BCUT2D eigenvalue weighted by molar-refractivity contribution is 5.68. The summed E-state index contributed by atoms with van der Waals surface area (Å²) >= 11 is 0. The van der Waals surface area contributed by atoms with Crippen molar-refractivity contribution in [2.75, 3.05) is 19.8 Å². The molecule has 0 spiro atoms. The minimum Gasteiger partial charge on any atom is -0.444 e. The van der Waals surface area contributed by atoms with Crippen molar-refractivity contribution in [2.24, 2.45) is 5.92 Å². The van der Waals surface area contributed by atoms with E-state index in [9.17, 15) is 4.79 Å². The number of hydrogen-bond acceptors (Lipinski definition) is 4. The summed E-state index contributed by atoms with van der Waals surface area (Å²) in [6, 6.07) is 0.683. The van der Waals surface area contributed by atoms with Gasteiger partial charge in [0, 0.05) is 25.2 Å². The Labute approximate surface area is 135 Å². The van der Waals surface area contributed by atoms with E-state index in [1.165, 1.54) is 0 Å². The molecule has 1 aliphatic carbocycles. The lowest BCUT2D eigenvalue weighted by Gasteiger charge is -2.21. The topological polar surface area (TPSA) is 59.6 Å². The number of hydrogen-bond donors (Lipinski definition) is 2. The van der Waals surface area contributed by atoms with Gasteiger partial charge < -0.3 is 20.1 Å². The van der Waals surface area contributed by atoms with E-state index in [2.05, 4.69) is 24.5 Å². The summed E-state index contributed by atoms with van der Waals surface area (Å²) in [5.74, 6) is 0.697. The van der Waals surface area contributed by atoms with Gasteiger partial charge in [-0.2, -0.15) is 0 Å². The molecule has 22 heavy (non-hydrogen) atoms. The fourth-order valence-electron chi connectivity index (χ4n) is 2.53. The number of nitrogens with one attached hydrogen (secondary N) is 2. The molecule has 1 amide bonds. The third-order valence-electron chi connectivity index (χ3n) is 3.67. The molecule has 1 rings (SSSR count). The highest BCUT2D eigenvalue weighted by Crippen LogP contribution is 2.19. The number of alkyl carbamates (subject to hydrolysis) is 1. The number of ether oxygens (including phenoxy) is 2. The predicted molar refractivity (Wildman–Crippen MR) is 89.1 cm³/mol. The van der Waals surface area contributed by atoms with Crippen molar-refractivity contribution in [3.05, 3.63) is 0 Å². The van der Waals surface area contributed by atoms with Crippen LogP contribution in [0, 0.1) is 5.92 Å². The maximum absolute atomic E-state index is 11.7. The van der Waals surface area contributed by atoms with Gasteiger partial charge in [0.15, 0.2) is 0 Å². The van der Waals surface area contributed by atoms with Gasteiger partial charge >= 0.3 is 6.09 Å². The second kappa shape index (κ2) is 9.36. The van der Waals surface area contributed by atoms with E-state index >= 15 is 0 Å². The van der Waals surface area contributed by atoms with Crippen molar-refractivity contribution in [2.45, 2.75) is 78.0 Å². The summed E-state index contributed by atoms with van der Waals surface area (Å²) in [5, 5.41) is 6.46. The van der Waals surface area contributed by atoms with Gasteiger partial charge in [-0.15, -0.1) is 0 Å². The molecule has 2 unspecified atom stereocenters. The number of carbonyl (C=O) groups is 1. The number of carbonyl (C=O) groups excluding carboxylic acids is 1. The molecule has 5 heteroatoms. The summed E-state index contributed by atoms with van der Waals surface area (Å²) in [6.07, 6.45) is 3.86. The van der Waals surface area contributed by atoms with Crippen molar-refractivity contribution in [1.29, 1.82) is 0 Å². The Balaban J connectivity index is 2.07. The molecule has 1 aliphatic rings. The summed E-state index contributed by atoms with van der Waals surface area (Å²) in [4.78, 5) is 11.7. The van der Waals surface area contributed by atoms with Crippen molar-refractivity contribution in [3.63, 3.8) is 0 Å². The molecule has 0 aromatic carbocycles. The Morgan fingerprint density at radius 2 is 1.86 bits per heavy atom. The van der Waals surface area contributed by atoms with E-state index in [1.54, 1.807) is 0 Å². The molecule has 0 bridgehead atoms. The first-order chi connectivity index (χ1) is 10.3. The van der Waals surface area contributed by atoms with Crippen molar-refractivity contribution in [1.82, 2.24) is 10.6 Å². The van der Waals surface area contributed by atoms with E-state index < -0.39 is 5.60 Å². The fourth-order valence-corrected chi connectivity index (χ4v) is 2.53. The normalized spacial score (nSPS) is 22.1. The zero-order valence-electron chi connectivity index (χ0n) is 14.9. The van der Waals surface area contributed by atoms with Gasteiger partial charge in [0.2, 0.25) is 0 Å². The van der Waals surface area contributed by atoms with Gasteiger partial charge in [0.1, 0.15) is 5.60 Å². The van der Waals surface area contributed by atoms with Gasteiger partial charge in [-0.25, -0.2) is 4.79 Å². The van der Waals surface area contributed by atoms with Gasteiger partial charge in [-0.3, -0.25) is 0 Å². The largest absolute Gasteiger partial charge is 0.444 e. The van der Waals surface area contributed by atoms with Gasteiger partial charge in [-0.05, 0) is 52.4 Å². The number of amides is 1. The van der Waals surface area contributed by atoms with Crippen LogP contribution in [0.15, 0.2) is 0 Å². The lowest BCUT2D eigenvalue weighted by molar-refractivity contribution is 0.0505. The standard InChI is InChI=1S/C17H34N2O3/c1-13(2)8-10-21-11-9-18-14-6-7-15(12-14)19-16(20)22-17(3,4)5/h13-15,18H,6-12H2,1-5H3,(H,19,20). The first kappa shape index (κ1) is 19.2. The van der Waals surface area contributed by atoms with Gasteiger partial charge in [0.05, 0.1) is 6.61 Å².